The molecule has 0 fully saturated rings. The third-order valence-corrected chi connectivity index (χ3v) is 5.03. The van der Waals surface area contributed by atoms with Crippen LogP contribution >= 0.6 is 0 Å². The molecule has 0 saturated carbocycles. The average Bonchev–Trinajstić information content (AvgIpc) is 3.30. The summed E-state index contributed by atoms with van der Waals surface area (Å²) in [5.41, 5.74) is 3.58. The van der Waals surface area contributed by atoms with Crippen molar-refractivity contribution in [2.75, 3.05) is 20.8 Å². The zero-order valence-corrected chi connectivity index (χ0v) is 18.0. The Labute approximate surface area is 186 Å². The van der Waals surface area contributed by atoms with Gasteiger partial charge in [0, 0.05) is 36.6 Å². The van der Waals surface area contributed by atoms with E-state index in [2.05, 4.69) is 10.3 Å². The van der Waals surface area contributed by atoms with E-state index in [0.717, 1.165) is 16.9 Å². The van der Waals surface area contributed by atoms with E-state index in [-0.39, 0.29) is 5.91 Å². The molecule has 1 amide bonds. The molecule has 162 valence electrons. The van der Waals surface area contributed by atoms with Gasteiger partial charge in [0.05, 0.1) is 25.5 Å². The van der Waals surface area contributed by atoms with Crippen LogP contribution in [0, 0.1) is 0 Å². The molecular formula is C25H24N4O3. The molecule has 0 aliphatic heterocycles. The Balaban J connectivity index is 1.65. The maximum Gasteiger partial charge on any atom is 0.255 e. The Bertz CT molecular complexity index is 1190. The van der Waals surface area contributed by atoms with Crippen molar-refractivity contribution in [2.24, 2.45) is 0 Å². The molecule has 2 aromatic carbocycles. The van der Waals surface area contributed by atoms with E-state index >= 15 is 0 Å². The van der Waals surface area contributed by atoms with Gasteiger partial charge in [0.2, 0.25) is 0 Å². The maximum absolute atomic E-state index is 13.1. The largest absolute Gasteiger partial charge is 0.493 e. The summed E-state index contributed by atoms with van der Waals surface area (Å²) in [6, 6.07) is 20.9. The van der Waals surface area contributed by atoms with Crippen LogP contribution in [-0.2, 0) is 6.42 Å². The van der Waals surface area contributed by atoms with Crippen LogP contribution in [0.25, 0.3) is 16.9 Å². The number of amides is 1. The standard InChI is InChI=1S/C25H24N4O3/c1-31-22-12-11-18(16-23(22)32-2)24-21(17-29(28-24)20-9-4-3-5-10-20)25(30)27-15-13-19-8-6-7-14-26-19/h3-12,14,16-17H,13,15H2,1-2H3,(H,27,30). The third-order valence-electron chi connectivity index (χ3n) is 5.03. The lowest BCUT2D eigenvalue weighted by Gasteiger charge is -2.09. The number of nitrogens with zero attached hydrogens (tertiary/aromatic N) is 3. The number of para-hydroxylation sites is 1. The van der Waals surface area contributed by atoms with E-state index in [1.807, 2.05) is 60.7 Å². The minimum atomic E-state index is -0.201. The van der Waals surface area contributed by atoms with E-state index in [4.69, 9.17) is 14.6 Å². The van der Waals surface area contributed by atoms with Crippen molar-refractivity contribution in [3.05, 3.63) is 90.4 Å². The Morgan fingerprint density at radius 2 is 1.75 bits per heavy atom. The van der Waals surface area contributed by atoms with Gasteiger partial charge in [-0.1, -0.05) is 24.3 Å². The van der Waals surface area contributed by atoms with Gasteiger partial charge in [-0.25, -0.2) is 4.68 Å². The second-order valence-electron chi connectivity index (χ2n) is 7.07. The fourth-order valence-corrected chi connectivity index (χ4v) is 3.40. The molecule has 0 bridgehead atoms. The van der Waals surface area contributed by atoms with Crippen LogP contribution in [0.1, 0.15) is 16.1 Å². The van der Waals surface area contributed by atoms with Crippen molar-refractivity contribution in [3.8, 4) is 28.4 Å². The van der Waals surface area contributed by atoms with Gasteiger partial charge in [-0.05, 0) is 42.5 Å². The molecule has 1 N–H and O–H groups in total. The first-order chi connectivity index (χ1) is 15.7. The number of pyridine rings is 1. The van der Waals surface area contributed by atoms with E-state index in [1.165, 1.54) is 0 Å². The second-order valence-corrected chi connectivity index (χ2v) is 7.07. The number of hydrogen-bond acceptors (Lipinski definition) is 5. The number of methoxy groups -OCH3 is 2. The lowest BCUT2D eigenvalue weighted by atomic mass is 10.1. The summed E-state index contributed by atoms with van der Waals surface area (Å²) >= 11 is 0. The van der Waals surface area contributed by atoms with Crippen molar-refractivity contribution < 1.29 is 14.3 Å². The lowest BCUT2D eigenvalue weighted by molar-refractivity contribution is 0.0954. The normalized spacial score (nSPS) is 10.6. The molecule has 7 heteroatoms. The van der Waals surface area contributed by atoms with Crippen LogP contribution in [-0.4, -0.2) is 41.4 Å². The molecule has 2 aromatic heterocycles. The minimum Gasteiger partial charge on any atom is -0.493 e. The van der Waals surface area contributed by atoms with Crippen LogP contribution in [0.2, 0.25) is 0 Å². The van der Waals surface area contributed by atoms with Crippen molar-refractivity contribution in [1.29, 1.82) is 0 Å². The van der Waals surface area contributed by atoms with Crippen LogP contribution in [0.3, 0.4) is 0 Å². The number of aromatic nitrogens is 3. The average molecular weight is 428 g/mol. The SMILES string of the molecule is COc1ccc(-c2nn(-c3ccccc3)cc2C(=O)NCCc2ccccn2)cc1OC. The molecule has 7 nitrogen and oxygen atoms in total. The van der Waals surface area contributed by atoms with E-state index < -0.39 is 0 Å². The summed E-state index contributed by atoms with van der Waals surface area (Å²) in [6.45, 7) is 0.470. The lowest BCUT2D eigenvalue weighted by Crippen LogP contribution is -2.26. The molecule has 0 saturated heterocycles. The van der Waals surface area contributed by atoms with Gasteiger partial charge < -0.3 is 14.8 Å². The van der Waals surface area contributed by atoms with E-state index in [9.17, 15) is 4.79 Å². The second kappa shape index (κ2) is 9.78. The van der Waals surface area contributed by atoms with Crippen molar-refractivity contribution >= 4 is 5.91 Å². The van der Waals surface area contributed by atoms with Crippen LogP contribution in [0.4, 0.5) is 0 Å². The Morgan fingerprint density at radius 1 is 0.969 bits per heavy atom. The molecule has 0 radical (unpaired) electrons. The molecule has 0 spiro atoms. The maximum atomic E-state index is 13.1. The Kier molecular flexibility index (Phi) is 6.46. The number of carbonyl (C=O) groups is 1. The van der Waals surface area contributed by atoms with Gasteiger partial charge in [-0.3, -0.25) is 9.78 Å². The third kappa shape index (κ3) is 4.62. The summed E-state index contributed by atoms with van der Waals surface area (Å²) < 4.78 is 12.5. The monoisotopic (exact) mass is 428 g/mol. The van der Waals surface area contributed by atoms with Gasteiger partial charge in [0.25, 0.3) is 5.91 Å². The summed E-state index contributed by atoms with van der Waals surface area (Å²) in [7, 11) is 3.16. The fourth-order valence-electron chi connectivity index (χ4n) is 3.40. The van der Waals surface area contributed by atoms with Gasteiger partial charge in [0.15, 0.2) is 11.5 Å². The predicted molar refractivity (Wildman–Crippen MR) is 122 cm³/mol. The quantitative estimate of drug-likeness (QED) is 0.460. The van der Waals surface area contributed by atoms with Gasteiger partial charge in [-0.2, -0.15) is 5.10 Å². The topological polar surface area (TPSA) is 78.3 Å². The minimum absolute atomic E-state index is 0.201. The summed E-state index contributed by atoms with van der Waals surface area (Å²) in [5.74, 6) is 0.980. The number of nitrogens with one attached hydrogen (secondary N) is 1. The Hall–Kier alpha value is -4.13. The molecule has 0 atom stereocenters. The Morgan fingerprint density at radius 3 is 2.47 bits per heavy atom. The highest BCUT2D eigenvalue weighted by molar-refractivity contribution is 6.00. The van der Waals surface area contributed by atoms with Gasteiger partial charge in [-0.15, -0.1) is 0 Å². The molecule has 32 heavy (non-hydrogen) atoms. The van der Waals surface area contributed by atoms with Crippen LogP contribution in [0.5, 0.6) is 11.5 Å². The van der Waals surface area contributed by atoms with Crippen LogP contribution in [0.15, 0.2) is 79.1 Å². The van der Waals surface area contributed by atoms with E-state index in [0.29, 0.717) is 35.7 Å². The molecule has 0 unspecified atom stereocenters. The fraction of sp³-hybridized carbons (Fsp3) is 0.160. The molecule has 0 aliphatic carbocycles. The first kappa shape index (κ1) is 21.1. The zero-order valence-electron chi connectivity index (χ0n) is 18.0. The van der Waals surface area contributed by atoms with Crippen LogP contribution < -0.4 is 14.8 Å². The summed E-state index contributed by atoms with van der Waals surface area (Å²) in [4.78, 5) is 17.4. The number of hydrogen-bond donors (Lipinski definition) is 1. The highest BCUT2D eigenvalue weighted by Crippen LogP contribution is 2.33. The molecule has 4 aromatic rings. The van der Waals surface area contributed by atoms with Crippen molar-refractivity contribution in [1.82, 2.24) is 20.1 Å². The van der Waals surface area contributed by atoms with Crippen molar-refractivity contribution in [3.63, 3.8) is 0 Å². The number of benzene rings is 2. The summed E-state index contributed by atoms with van der Waals surface area (Å²) in [6.07, 6.45) is 4.14. The first-order valence-corrected chi connectivity index (χ1v) is 10.2. The smallest absolute Gasteiger partial charge is 0.255 e. The van der Waals surface area contributed by atoms with E-state index in [1.54, 1.807) is 37.4 Å². The predicted octanol–water partition coefficient (Wildman–Crippen LogP) is 3.92. The molecule has 0 aliphatic rings. The zero-order chi connectivity index (χ0) is 22.3. The molecule has 4 rings (SSSR count). The van der Waals surface area contributed by atoms with Crippen molar-refractivity contribution in [2.45, 2.75) is 6.42 Å². The first-order valence-electron chi connectivity index (χ1n) is 10.2. The number of rotatable bonds is 8. The molecule has 2 heterocycles. The highest BCUT2D eigenvalue weighted by Gasteiger charge is 2.20. The molecular weight excluding hydrogens is 404 g/mol. The van der Waals surface area contributed by atoms with Gasteiger partial charge >= 0.3 is 0 Å². The highest BCUT2D eigenvalue weighted by atomic mass is 16.5. The summed E-state index contributed by atoms with van der Waals surface area (Å²) in [5, 5.41) is 7.70. The van der Waals surface area contributed by atoms with Gasteiger partial charge in [0.1, 0.15) is 5.69 Å². The number of carbonyl (C=O) groups excluding carboxylic acids is 1. The number of ether oxygens (including phenoxy) is 2.